The molecule has 1 fully saturated rings. The summed E-state index contributed by atoms with van der Waals surface area (Å²) in [6, 6.07) is 17.9. The standard InChI is InChI=1S/C24H22N4O2/c1-16-4-2-3-5-19(16)20-10-11-25-23-21(20)26-22(27-23)17-6-8-18(9-7-17)24(29)28-12-14-30-15-13-28/h2-11H,12-15H2,1H3,(H,25,26,27). The van der Waals surface area contributed by atoms with Crippen molar-refractivity contribution in [2.75, 3.05) is 26.3 Å². The number of hydrogen-bond donors (Lipinski definition) is 1. The summed E-state index contributed by atoms with van der Waals surface area (Å²) < 4.78 is 5.33. The molecule has 0 spiro atoms. The van der Waals surface area contributed by atoms with Gasteiger partial charge in [0.2, 0.25) is 0 Å². The van der Waals surface area contributed by atoms with Crippen molar-refractivity contribution in [2.45, 2.75) is 6.92 Å². The molecular weight excluding hydrogens is 376 g/mol. The second kappa shape index (κ2) is 7.72. The number of morpholine rings is 1. The Hall–Kier alpha value is -3.51. The molecule has 1 aliphatic rings. The third-order valence-electron chi connectivity index (χ3n) is 5.53. The first kappa shape index (κ1) is 18.5. The van der Waals surface area contributed by atoms with Crippen molar-refractivity contribution in [2.24, 2.45) is 0 Å². The van der Waals surface area contributed by atoms with E-state index in [0.717, 1.165) is 28.0 Å². The highest BCUT2D eigenvalue weighted by Gasteiger charge is 2.19. The highest BCUT2D eigenvalue weighted by molar-refractivity contribution is 5.95. The molecule has 0 radical (unpaired) electrons. The lowest BCUT2D eigenvalue weighted by Gasteiger charge is -2.26. The zero-order chi connectivity index (χ0) is 20.5. The lowest BCUT2D eigenvalue weighted by Crippen LogP contribution is -2.40. The smallest absolute Gasteiger partial charge is 0.254 e. The van der Waals surface area contributed by atoms with Gasteiger partial charge in [-0.2, -0.15) is 0 Å². The Balaban J connectivity index is 1.47. The average molecular weight is 398 g/mol. The quantitative estimate of drug-likeness (QED) is 0.565. The van der Waals surface area contributed by atoms with E-state index in [2.05, 4.69) is 34.0 Å². The molecule has 150 valence electrons. The maximum absolute atomic E-state index is 12.7. The van der Waals surface area contributed by atoms with Crippen LogP contribution in [0.15, 0.2) is 60.8 Å². The van der Waals surface area contributed by atoms with Crippen LogP contribution in [0.25, 0.3) is 33.7 Å². The van der Waals surface area contributed by atoms with E-state index in [4.69, 9.17) is 4.74 Å². The van der Waals surface area contributed by atoms with Crippen molar-refractivity contribution >= 4 is 17.1 Å². The first-order valence-electron chi connectivity index (χ1n) is 10.1. The van der Waals surface area contributed by atoms with Gasteiger partial charge in [0.1, 0.15) is 5.82 Å². The van der Waals surface area contributed by atoms with E-state index >= 15 is 0 Å². The molecular formula is C24H22N4O2. The summed E-state index contributed by atoms with van der Waals surface area (Å²) in [5.74, 6) is 0.780. The van der Waals surface area contributed by atoms with Crippen molar-refractivity contribution in [1.29, 1.82) is 0 Å². The van der Waals surface area contributed by atoms with Crippen LogP contribution < -0.4 is 0 Å². The minimum absolute atomic E-state index is 0.0398. The first-order valence-corrected chi connectivity index (χ1v) is 10.1. The molecule has 6 nitrogen and oxygen atoms in total. The molecule has 1 N–H and O–H groups in total. The number of aromatic amines is 1. The SMILES string of the molecule is Cc1ccccc1-c1ccnc2nc(-c3ccc(C(=O)N4CCOCC4)cc3)[nH]c12. The van der Waals surface area contributed by atoms with Crippen LogP contribution in [0.2, 0.25) is 0 Å². The van der Waals surface area contributed by atoms with E-state index in [1.807, 2.05) is 47.4 Å². The third kappa shape index (κ3) is 3.35. The lowest BCUT2D eigenvalue weighted by molar-refractivity contribution is 0.0303. The fraction of sp³-hybridized carbons (Fsp3) is 0.208. The molecule has 3 heterocycles. The van der Waals surface area contributed by atoms with E-state index in [1.165, 1.54) is 5.56 Å². The number of amides is 1. The van der Waals surface area contributed by atoms with Gasteiger partial charge < -0.3 is 14.6 Å². The monoisotopic (exact) mass is 398 g/mol. The molecule has 2 aromatic heterocycles. The number of pyridine rings is 1. The van der Waals surface area contributed by atoms with Crippen LogP contribution in [0.3, 0.4) is 0 Å². The van der Waals surface area contributed by atoms with Gasteiger partial charge in [-0.05, 0) is 36.2 Å². The number of fused-ring (bicyclic) bond motifs is 1. The number of nitrogens with zero attached hydrogens (tertiary/aromatic N) is 3. The molecule has 2 aromatic carbocycles. The Morgan fingerprint density at radius 1 is 1.00 bits per heavy atom. The molecule has 0 saturated carbocycles. The van der Waals surface area contributed by atoms with Crippen LogP contribution in [0.5, 0.6) is 0 Å². The highest BCUT2D eigenvalue weighted by atomic mass is 16.5. The summed E-state index contributed by atoms with van der Waals surface area (Å²) in [4.78, 5) is 27.0. The number of aryl methyl sites for hydroxylation is 1. The van der Waals surface area contributed by atoms with Crippen LogP contribution in [-0.2, 0) is 4.74 Å². The highest BCUT2D eigenvalue weighted by Crippen LogP contribution is 2.30. The largest absolute Gasteiger partial charge is 0.378 e. The molecule has 0 atom stereocenters. The second-order valence-corrected chi connectivity index (χ2v) is 7.44. The van der Waals surface area contributed by atoms with Crippen molar-refractivity contribution in [3.05, 3.63) is 71.9 Å². The van der Waals surface area contributed by atoms with E-state index in [-0.39, 0.29) is 5.91 Å². The number of ether oxygens (including phenoxy) is 1. The Bertz CT molecular complexity index is 1210. The van der Waals surface area contributed by atoms with Crippen molar-refractivity contribution < 1.29 is 9.53 Å². The molecule has 0 bridgehead atoms. The summed E-state index contributed by atoms with van der Waals surface area (Å²) in [5, 5.41) is 0. The predicted octanol–water partition coefficient (Wildman–Crippen LogP) is 4.07. The van der Waals surface area contributed by atoms with E-state index in [9.17, 15) is 4.79 Å². The van der Waals surface area contributed by atoms with Gasteiger partial charge >= 0.3 is 0 Å². The Kier molecular flexibility index (Phi) is 4.77. The summed E-state index contributed by atoms with van der Waals surface area (Å²) >= 11 is 0. The molecule has 4 aromatic rings. The number of H-pyrrole nitrogens is 1. The zero-order valence-corrected chi connectivity index (χ0v) is 16.8. The Labute approximate surface area is 174 Å². The number of carbonyl (C=O) groups is 1. The Morgan fingerprint density at radius 2 is 1.77 bits per heavy atom. The van der Waals surface area contributed by atoms with Crippen molar-refractivity contribution in [3.63, 3.8) is 0 Å². The normalized spacial score (nSPS) is 14.2. The number of carbonyl (C=O) groups excluding carboxylic acids is 1. The van der Waals surface area contributed by atoms with Crippen LogP contribution in [0.4, 0.5) is 0 Å². The Morgan fingerprint density at radius 3 is 2.53 bits per heavy atom. The number of aromatic nitrogens is 3. The fourth-order valence-corrected chi connectivity index (χ4v) is 3.87. The number of rotatable bonds is 3. The van der Waals surface area contributed by atoms with Gasteiger partial charge in [-0.15, -0.1) is 0 Å². The van der Waals surface area contributed by atoms with Crippen LogP contribution in [0, 0.1) is 6.92 Å². The van der Waals surface area contributed by atoms with Crippen LogP contribution in [-0.4, -0.2) is 52.1 Å². The van der Waals surface area contributed by atoms with Crippen LogP contribution >= 0.6 is 0 Å². The molecule has 1 amide bonds. The predicted molar refractivity (Wildman–Crippen MR) is 116 cm³/mol. The summed E-state index contributed by atoms with van der Waals surface area (Å²) in [5.41, 5.74) is 6.63. The van der Waals surface area contributed by atoms with Crippen LogP contribution in [0.1, 0.15) is 15.9 Å². The van der Waals surface area contributed by atoms with Gasteiger partial charge in [-0.25, -0.2) is 9.97 Å². The van der Waals surface area contributed by atoms with Crippen molar-refractivity contribution in [3.8, 4) is 22.5 Å². The molecule has 0 unspecified atom stereocenters. The van der Waals surface area contributed by atoms with Gasteiger partial charge in [0.15, 0.2) is 5.65 Å². The van der Waals surface area contributed by atoms with Gasteiger partial charge in [0, 0.05) is 36.0 Å². The van der Waals surface area contributed by atoms with E-state index in [1.54, 1.807) is 6.20 Å². The topological polar surface area (TPSA) is 71.1 Å². The molecule has 30 heavy (non-hydrogen) atoms. The lowest BCUT2D eigenvalue weighted by atomic mass is 10.0. The second-order valence-electron chi connectivity index (χ2n) is 7.44. The molecule has 5 rings (SSSR count). The zero-order valence-electron chi connectivity index (χ0n) is 16.8. The van der Waals surface area contributed by atoms with Gasteiger partial charge in [-0.3, -0.25) is 4.79 Å². The maximum atomic E-state index is 12.7. The fourth-order valence-electron chi connectivity index (χ4n) is 3.87. The average Bonchev–Trinajstić information content (AvgIpc) is 3.24. The van der Waals surface area contributed by atoms with Gasteiger partial charge in [0.05, 0.1) is 18.7 Å². The number of benzene rings is 2. The number of hydrogen-bond acceptors (Lipinski definition) is 4. The molecule has 0 aliphatic carbocycles. The summed E-state index contributed by atoms with van der Waals surface area (Å²) in [7, 11) is 0. The van der Waals surface area contributed by atoms with E-state index in [0.29, 0.717) is 37.5 Å². The number of nitrogens with one attached hydrogen (secondary N) is 1. The van der Waals surface area contributed by atoms with E-state index < -0.39 is 0 Å². The third-order valence-corrected chi connectivity index (χ3v) is 5.53. The first-order chi connectivity index (χ1) is 14.7. The minimum Gasteiger partial charge on any atom is -0.378 e. The van der Waals surface area contributed by atoms with Crippen molar-refractivity contribution in [1.82, 2.24) is 19.9 Å². The summed E-state index contributed by atoms with van der Waals surface area (Å²) in [6.07, 6.45) is 1.79. The molecule has 1 aliphatic heterocycles. The maximum Gasteiger partial charge on any atom is 0.254 e. The van der Waals surface area contributed by atoms with Gasteiger partial charge in [0.25, 0.3) is 5.91 Å². The van der Waals surface area contributed by atoms with Gasteiger partial charge in [-0.1, -0.05) is 36.4 Å². The molecule has 1 saturated heterocycles. The molecule has 6 heteroatoms. The number of imidazole rings is 1. The summed E-state index contributed by atoms with van der Waals surface area (Å²) in [6.45, 7) is 4.57. The minimum atomic E-state index is 0.0398.